The van der Waals surface area contributed by atoms with Gasteiger partial charge in [-0.1, -0.05) is 152 Å². The molecule has 0 saturated heterocycles. The van der Waals surface area contributed by atoms with Crippen LogP contribution < -0.4 is 9.47 Å². The zero-order chi connectivity index (χ0) is 46.3. The van der Waals surface area contributed by atoms with E-state index in [0.717, 1.165) is 122 Å². The van der Waals surface area contributed by atoms with Crippen molar-refractivity contribution < 1.29 is 38.0 Å². The van der Waals surface area contributed by atoms with Crippen LogP contribution in [0, 0.1) is 0 Å². The average molecular weight is 903 g/mol. The lowest BCUT2D eigenvalue weighted by atomic mass is 9.94. The number of carbonyl (C=O) groups excluding carboxylic acids is 2. The molecule has 0 amide bonds. The van der Waals surface area contributed by atoms with Gasteiger partial charge in [0.2, 0.25) is 0 Å². The molecule has 66 heavy (non-hydrogen) atoms. The molecule has 1 aliphatic carbocycles. The summed E-state index contributed by atoms with van der Waals surface area (Å²) in [4.78, 5) is 31.5. The molecule has 0 radical (unpaired) electrons. The van der Waals surface area contributed by atoms with Crippen LogP contribution in [0.15, 0.2) is 111 Å². The molecule has 1 aliphatic rings. The number of ether oxygens (including phenoxy) is 6. The Morgan fingerprint density at radius 3 is 1.15 bits per heavy atom. The second-order valence-electron chi connectivity index (χ2n) is 17.2. The average Bonchev–Trinajstić information content (AvgIpc) is 3.36. The maximum Gasteiger partial charge on any atom is 0.330 e. The Morgan fingerprint density at radius 1 is 0.470 bits per heavy atom. The van der Waals surface area contributed by atoms with E-state index in [1.54, 1.807) is 0 Å². The number of nitrogens with zero attached hydrogens (tertiary/aromatic N) is 2. The molecule has 10 nitrogen and oxygen atoms in total. The number of unbranched alkanes of at least 4 members (excludes halogenated alkanes) is 14. The number of hydrogen-bond donors (Lipinski definition) is 0. The summed E-state index contributed by atoms with van der Waals surface area (Å²) < 4.78 is 34.9. The summed E-state index contributed by atoms with van der Waals surface area (Å²) in [6, 6.07) is 25.0. The van der Waals surface area contributed by atoms with Gasteiger partial charge in [0.25, 0.3) is 0 Å². The molecule has 0 bridgehead atoms. The lowest BCUT2D eigenvalue weighted by Crippen LogP contribution is -2.34. The van der Waals surface area contributed by atoms with Gasteiger partial charge in [-0.15, -0.1) is 0 Å². The molecule has 10 heteroatoms. The van der Waals surface area contributed by atoms with E-state index in [4.69, 9.17) is 28.4 Å². The van der Waals surface area contributed by atoms with Crippen LogP contribution in [-0.4, -0.2) is 60.5 Å². The lowest BCUT2D eigenvalue weighted by molar-refractivity contribution is -0.138. The highest BCUT2D eigenvalue weighted by Crippen LogP contribution is 2.28. The van der Waals surface area contributed by atoms with E-state index < -0.39 is 0 Å². The summed E-state index contributed by atoms with van der Waals surface area (Å²) in [5.41, 5.74) is 6.24. The third kappa shape index (κ3) is 20.5. The molecule has 0 aliphatic heterocycles. The van der Waals surface area contributed by atoms with E-state index in [1.165, 1.54) is 63.5 Å². The SMILES string of the molecule is C=CC(=O)OCCCCCCCCCCOc1ccc(-c2ccc(CO[C@@H]3CCCC[C@H]3OCc3ccc(-c4ccc(OCCCCCCCCCCOC(=O)C=C)cn4)cc3)cc2)nc1. The summed E-state index contributed by atoms with van der Waals surface area (Å²) in [6.45, 7) is 10.3. The molecule has 0 unspecified atom stereocenters. The van der Waals surface area contributed by atoms with Gasteiger partial charge >= 0.3 is 11.9 Å². The van der Waals surface area contributed by atoms with Crippen LogP contribution in [-0.2, 0) is 41.8 Å². The number of esters is 2. The Bertz CT molecular complexity index is 1810. The van der Waals surface area contributed by atoms with E-state index in [0.29, 0.717) is 39.6 Å². The Hall–Kier alpha value is -5.32. The van der Waals surface area contributed by atoms with Crippen molar-refractivity contribution in [1.82, 2.24) is 9.97 Å². The van der Waals surface area contributed by atoms with Crippen molar-refractivity contribution in [2.24, 2.45) is 0 Å². The Morgan fingerprint density at radius 2 is 0.818 bits per heavy atom. The largest absolute Gasteiger partial charge is 0.492 e. The first kappa shape index (κ1) is 51.7. The Kier molecular flexibility index (Phi) is 24.7. The molecule has 1 fully saturated rings. The molecule has 0 spiro atoms. The topological polar surface area (TPSA) is 115 Å². The van der Waals surface area contributed by atoms with Gasteiger partial charge in [0.1, 0.15) is 11.5 Å². The normalized spacial score (nSPS) is 14.6. The van der Waals surface area contributed by atoms with Crippen molar-refractivity contribution in [2.45, 2.75) is 154 Å². The first-order chi connectivity index (χ1) is 32.5. The number of pyridine rings is 2. The highest BCUT2D eigenvalue weighted by Gasteiger charge is 2.26. The zero-order valence-electron chi connectivity index (χ0n) is 39.4. The molecule has 2 aromatic heterocycles. The van der Waals surface area contributed by atoms with Crippen LogP contribution >= 0.6 is 0 Å². The molecule has 356 valence electrons. The van der Waals surface area contributed by atoms with E-state index >= 15 is 0 Å². The molecular weight excluding hydrogens is 829 g/mol. The van der Waals surface area contributed by atoms with Gasteiger partial charge in [0.05, 0.1) is 75.6 Å². The molecule has 5 rings (SSSR count). The summed E-state index contributed by atoms with van der Waals surface area (Å²) in [5.74, 6) is 0.921. The van der Waals surface area contributed by atoms with Gasteiger partial charge in [0, 0.05) is 23.3 Å². The fourth-order valence-electron chi connectivity index (χ4n) is 8.04. The number of benzene rings is 2. The standard InChI is InChI=1S/C56H74N2O8/c1-3-55(59)63-39-21-15-11-7-5-9-13-19-37-61-49-33-35-51(57-41-49)47-29-25-45(26-30-47)43-65-53-23-17-18-24-54(53)66-44-46-27-31-48(32-28-46)52-36-34-50(42-58-52)62-38-20-14-10-6-8-12-16-22-40-64-56(60)4-2/h3-4,25-36,41-42,53-54H,1-2,5-24,37-40,43-44H2/t53-,54-/m1/s1. The molecule has 2 aromatic carbocycles. The smallest absolute Gasteiger partial charge is 0.330 e. The van der Waals surface area contributed by atoms with E-state index in [-0.39, 0.29) is 24.1 Å². The highest BCUT2D eigenvalue weighted by atomic mass is 16.5. The fraction of sp³-hybridized carbons (Fsp3) is 0.500. The number of carbonyl (C=O) groups is 2. The lowest BCUT2D eigenvalue weighted by Gasteiger charge is -2.31. The summed E-state index contributed by atoms with van der Waals surface area (Å²) in [5, 5.41) is 0. The van der Waals surface area contributed by atoms with Gasteiger partial charge in [-0.05, 0) is 73.9 Å². The summed E-state index contributed by atoms with van der Waals surface area (Å²) >= 11 is 0. The maximum atomic E-state index is 11.1. The van der Waals surface area contributed by atoms with E-state index in [2.05, 4.69) is 71.7 Å². The second-order valence-corrected chi connectivity index (χ2v) is 17.2. The Labute approximate surface area is 394 Å². The van der Waals surface area contributed by atoms with Crippen LogP contribution in [0.1, 0.15) is 140 Å². The molecule has 2 heterocycles. The van der Waals surface area contributed by atoms with Gasteiger partial charge in [0.15, 0.2) is 0 Å². The molecule has 4 aromatic rings. The minimum atomic E-state index is -0.339. The number of rotatable bonds is 34. The third-order valence-corrected chi connectivity index (χ3v) is 12.0. The van der Waals surface area contributed by atoms with Crippen molar-refractivity contribution in [3.8, 4) is 34.0 Å². The zero-order valence-corrected chi connectivity index (χ0v) is 39.4. The van der Waals surface area contributed by atoms with Crippen LogP contribution in [0.2, 0.25) is 0 Å². The van der Waals surface area contributed by atoms with E-state index in [1.807, 2.05) is 36.7 Å². The molecular formula is C56H74N2O8. The first-order valence-corrected chi connectivity index (χ1v) is 24.7. The van der Waals surface area contributed by atoms with Crippen LogP contribution in [0.25, 0.3) is 22.5 Å². The fourth-order valence-corrected chi connectivity index (χ4v) is 8.04. The van der Waals surface area contributed by atoms with Crippen molar-refractivity contribution in [1.29, 1.82) is 0 Å². The van der Waals surface area contributed by atoms with Crippen molar-refractivity contribution in [2.75, 3.05) is 26.4 Å². The molecule has 0 N–H and O–H groups in total. The van der Waals surface area contributed by atoms with Gasteiger partial charge in [-0.3, -0.25) is 9.97 Å². The number of aromatic nitrogens is 2. The maximum absolute atomic E-state index is 11.1. The predicted octanol–water partition coefficient (Wildman–Crippen LogP) is 13.3. The quantitative estimate of drug-likeness (QED) is 0.0255. The van der Waals surface area contributed by atoms with Crippen LogP contribution in [0.5, 0.6) is 11.5 Å². The Balaban J connectivity index is 0.914. The third-order valence-electron chi connectivity index (χ3n) is 12.0. The minimum Gasteiger partial charge on any atom is -0.492 e. The van der Waals surface area contributed by atoms with Crippen molar-refractivity contribution >= 4 is 11.9 Å². The van der Waals surface area contributed by atoms with Gasteiger partial charge < -0.3 is 28.4 Å². The van der Waals surface area contributed by atoms with Crippen molar-refractivity contribution in [3.05, 3.63) is 122 Å². The first-order valence-electron chi connectivity index (χ1n) is 24.7. The monoisotopic (exact) mass is 903 g/mol. The number of hydrogen-bond acceptors (Lipinski definition) is 10. The van der Waals surface area contributed by atoms with E-state index in [9.17, 15) is 9.59 Å². The summed E-state index contributed by atoms with van der Waals surface area (Å²) in [7, 11) is 0. The summed E-state index contributed by atoms with van der Waals surface area (Å²) in [6.07, 6.45) is 28.5. The van der Waals surface area contributed by atoms with Crippen molar-refractivity contribution in [3.63, 3.8) is 0 Å². The van der Waals surface area contributed by atoms with Crippen LogP contribution in [0.3, 0.4) is 0 Å². The van der Waals surface area contributed by atoms with Crippen LogP contribution in [0.4, 0.5) is 0 Å². The highest BCUT2D eigenvalue weighted by molar-refractivity contribution is 5.81. The minimum absolute atomic E-state index is 0.0689. The van der Waals surface area contributed by atoms with Gasteiger partial charge in [-0.25, -0.2) is 9.59 Å². The molecule has 1 saturated carbocycles. The molecule has 2 atom stereocenters. The van der Waals surface area contributed by atoms with Gasteiger partial charge in [-0.2, -0.15) is 0 Å². The predicted molar refractivity (Wildman–Crippen MR) is 262 cm³/mol. The second kappa shape index (κ2) is 31.6.